The van der Waals surface area contributed by atoms with Crippen LogP contribution in [-0.2, 0) is 6.42 Å². The third kappa shape index (κ3) is 3.43. The lowest BCUT2D eigenvalue weighted by molar-refractivity contribution is 0.613. The molecule has 0 bridgehead atoms. The van der Waals surface area contributed by atoms with Gasteiger partial charge in [-0.2, -0.15) is 0 Å². The molecule has 1 rings (SSSR count). The maximum Gasteiger partial charge on any atom is 0.0287 e. The number of hydrogen-bond acceptors (Lipinski definition) is 1. The van der Waals surface area contributed by atoms with Crippen molar-refractivity contribution in [2.75, 3.05) is 6.54 Å². The Balaban J connectivity index is 2.51. The summed E-state index contributed by atoms with van der Waals surface area (Å²) >= 11 is 0. The van der Waals surface area contributed by atoms with Gasteiger partial charge >= 0.3 is 0 Å². The van der Waals surface area contributed by atoms with E-state index in [4.69, 9.17) is 0 Å². The lowest BCUT2D eigenvalue weighted by Crippen LogP contribution is -2.28. The smallest absolute Gasteiger partial charge is 0.0287 e. The molecular weight excluding hydrogens is 158 g/mol. The molecule has 70 valence electrons. The van der Waals surface area contributed by atoms with Crippen LogP contribution in [0.3, 0.4) is 0 Å². The molecule has 1 aromatic carbocycles. The van der Waals surface area contributed by atoms with Gasteiger partial charge in [-0.25, -0.2) is 0 Å². The van der Waals surface area contributed by atoms with Crippen LogP contribution < -0.4 is 5.32 Å². The Morgan fingerprint density at radius 3 is 2.62 bits per heavy atom. The van der Waals surface area contributed by atoms with Crippen LogP contribution in [0.5, 0.6) is 0 Å². The summed E-state index contributed by atoms with van der Waals surface area (Å²) in [4.78, 5) is 0. The molecule has 0 aliphatic carbocycles. The van der Waals surface area contributed by atoms with Crippen molar-refractivity contribution in [1.29, 1.82) is 0 Å². The van der Waals surface area contributed by atoms with Gasteiger partial charge in [-0.3, -0.25) is 0 Å². The summed E-state index contributed by atoms with van der Waals surface area (Å²) < 4.78 is 0. The topological polar surface area (TPSA) is 12.0 Å². The molecule has 0 aliphatic rings. The van der Waals surface area contributed by atoms with E-state index in [1.165, 1.54) is 5.56 Å². The van der Waals surface area contributed by atoms with Gasteiger partial charge < -0.3 is 5.32 Å². The molecule has 0 amide bonds. The molecule has 1 heteroatoms. The zero-order chi connectivity index (χ0) is 9.52. The fourth-order valence-corrected chi connectivity index (χ4v) is 1.37. The van der Waals surface area contributed by atoms with Crippen molar-refractivity contribution in [3.8, 4) is 0 Å². The largest absolute Gasteiger partial charge is 0.310 e. The summed E-state index contributed by atoms with van der Waals surface area (Å²) in [6, 6.07) is 10.9. The Kier molecular flexibility index (Phi) is 4.27. The summed E-state index contributed by atoms with van der Waals surface area (Å²) in [5, 5.41) is 3.36. The van der Waals surface area contributed by atoms with Crippen molar-refractivity contribution in [2.45, 2.75) is 19.4 Å². The van der Waals surface area contributed by atoms with Crippen molar-refractivity contribution >= 4 is 0 Å². The molecule has 0 aliphatic heterocycles. The Bertz CT molecular complexity index is 241. The number of hydrogen-bond donors (Lipinski definition) is 1. The molecule has 0 aromatic heterocycles. The van der Waals surface area contributed by atoms with Gasteiger partial charge in [0.25, 0.3) is 0 Å². The van der Waals surface area contributed by atoms with Crippen LogP contribution in [0.4, 0.5) is 0 Å². The first-order valence-electron chi connectivity index (χ1n) is 4.76. The van der Waals surface area contributed by atoms with Crippen LogP contribution in [0.1, 0.15) is 12.5 Å². The molecule has 13 heavy (non-hydrogen) atoms. The second-order valence-electron chi connectivity index (χ2n) is 3.09. The first kappa shape index (κ1) is 10.0. The molecule has 1 N–H and O–H groups in total. The Labute approximate surface area is 80.5 Å². The van der Waals surface area contributed by atoms with Gasteiger partial charge in [0.1, 0.15) is 0 Å². The summed E-state index contributed by atoms with van der Waals surface area (Å²) in [6.07, 6.45) is 2.99. The molecule has 0 fully saturated rings. The third-order valence-corrected chi connectivity index (χ3v) is 2.05. The van der Waals surface area contributed by atoms with Gasteiger partial charge in [0, 0.05) is 6.04 Å². The second kappa shape index (κ2) is 5.55. The molecule has 0 saturated carbocycles. The van der Waals surface area contributed by atoms with Gasteiger partial charge in [-0.15, -0.1) is 6.58 Å². The molecule has 1 atom stereocenters. The maximum absolute atomic E-state index is 3.81. The highest BCUT2D eigenvalue weighted by atomic mass is 14.9. The number of rotatable bonds is 5. The highest BCUT2D eigenvalue weighted by Gasteiger charge is 2.01. The lowest BCUT2D eigenvalue weighted by atomic mass is 10.1. The Morgan fingerprint density at radius 1 is 1.38 bits per heavy atom. The molecule has 0 spiro atoms. The molecular formula is C12H17N. The average molecular weight is 175 g/mol. The van der Waals surface area contributed by atoms with Crippen LogP contribution in [-0.4, -0.2) is 12.6 Å². The van der Waals surface area contributed by atoms with E-state index in [0.717, 1.165) is 13.0 Å². The summed E-state index contributed by atoms with van der Waals surface area (Å²) in [6.45, 7) is 6.92. The maximum atomic E-state index is 3.81. The van der Waals surface area contributed by atoms with E-state index in [9.17, 15) is 0 Å². The summed E-state index contributed by atoms with van der Waals surface area (Å²) in [5.41, 5.74) is 1.35. The minimum atomic E-state index is 0.396. The van der Waals surface area contributed by atoms with Gasteiger partial charge in [0.15, 0.2) is 0 Å². The SMILES string of the molecule is C=CC(Cc1ccccc1)NCC. The standard InChI is InChI=1S/C12H17N/c1-3-12(13-4-2)10-11-8-6-5-7-9-11/h3,5-9,12-13H,1,4,10H2,2H3. The average Bonchev–Trinajstić information content (AvgIpc) is 2.19. The molecule has 1 nitrogen and oxygen atoms in total. The van der Waals surface area contributed by atoms with Gasteiger partial charge in [0.2, 0.25) is 0 Å². The van der Waals surface area contributed by atoms with Crippen LogP contribution >= 0.6 is 0 Å². The summed E-state index contributed by atoms with van der Waals surface area (Å²) in [7, 11) is 0. The van der Waals surface area contributed by atoms with E-state index in [-0.39, 0.29) is 0 Å². The second-order valence-corrected chi connectivity index (χ2v) is 3.09. The van der Waals surface area contributed by atoms with E-state index >= 15 is 0 Å². The Hall–Kier alpha value is -1.08. The van der Waals surface area contributed by atoms with Crippen LogP contribution in [0.15, 0.2) is 43.0 Å². The molecule has 1 aromatic rings. The van der Waals surface area contributed by atoms with Crippen LogP contribution in [0.25, 0.3) is 0 Å². The molecule has 0 radical (unpaired) electrons. The summed E-state index contributed by atoms with van der Waals surface area (Å²) in [5.74, 6) is 0. The molecule has 0 saturated heterocycles. The van der Waals surface area contributed by atoms with Crippen molar-refractivity contribution in [1.82, 2.24) is 5.32 Å². The minimum Gasteiger partial charge on any atom is -0.310 e. The van der Waals surface area contributed by atoms with Gasteiger partial charge in [-0.1, -0.05) is 43.3 Å². The molecule has 0 heterocycles. The van der Waals surface area contributed by atoms with E-state index < -0.39 is 0 Å². The van der Waals surface area contributed by atoms with E-state index in [2.05, 4.69) is 43.1 Å². The van der Waals surface area contributed by atoms with E-state index in [1.807, 2.05) is 12.1 Å². The highest BCUT2D eigenvalue weighted by Crippen LogP contribution is 2.03. The van der Waals surface area contributed by atoms with Crippen molar-refractivity contribution < 1.29 is 0 Å². The number of benzene rings is 1. The van der Waals surface area contributed by atoms with Crippen molar-refractivity contribution in [2.24, 2.45) is 0 Å². The fraction of sp³-hybridized carbons (Fsp3) is 0.333. The Morgan fingerprint density at radius 2 is 2.08 bits per heavy atom. The van der Waals surface area contributed by atoms with E-state index in [0.29, 0.717) is 6.04 Å². The third-order valence-electron chi connectivity index (χ3n) is 2.05. The first-order valence-corrected chi connectivity index (χ1v) is 4.76. The normalized spacial score (nSPS) is 12.4. The monoisotopic (exact) mass is 175 g/mol. The highest BCUT2D eigenvalue weighted by molar-refractivity contribution is 5.17. The zero-order valence-electron chi connectivity index (χ0n) is 8.16. The van der Waals surface area contributed by atoms with Crippen LogP contribution in [0, 0.1) is 0 Å². The number of nitrogens with one attached hydrogen (secondary N) is 1. The fourth-order valence-electron chi connectivity index (χ4n) is 1.37. The van der Waals surface area contributed by atoms with E-state index in [1.54, 1.807) is 0 Å². The zero-order valence-corrected chi connectivity index (χ0v) is 8.16. The quantitative estimate of drug-likeness (QED) is 0.678. The predicted octanol–water partition coefficient (Wildman–Crippen LogP) is 2.39. The van der Waals surface area contributed by atoms with Crippen molar-refractivity contribution in [3.05, 3.63) is 48.6 Å². The first-order chi connectivity index (χ1) is 6.36. The van der Waals surface area contributed by atoms with Gasteiger partial charge in [-0.05, 0) is 18.5 Å². The predicted molar refractivity (Wildman–Crippen MR) is 57.8 cm³/mol. The lowest BCUT2D eigenvalue weighted by Gasteiger charge is -2.12. The van der Waals surface area contributed by atoms with Crippen LogP contribution in [0.2, 0.25) is 0 Å². The molecule has 1 unspecified atom stereocenters. The minimum absolute atomic E-state index is 0.396. The van der Waals surface area contributed by atoms with Gasteiger partial charge in [0.05, 0.1) is 0 Å². The number of likely N-dealkylation sites (N-methyl/N-ethyl adjacent to an activating group) is 1. The van der Waals surface area contributed by atoms with Crippen molar-refractivity contribution in [3.63, 3.8) is 0 Å².